The second-order valence-corrected chi connectivity index (χ2v) is 7.93. The molecule has 0 bridgehead atoms. The number of carbonyl (C=O) groups excluding carboxylic acids is 1. The summed E-state index contributed by atoms with van der Waals surface area (Å²) in [5.74, 6) is 2.01. The Morgan fingerprint density at radius 3 is 3.00 bits per heavy atom. The summed E-state index contributed by atoms with van der Waals surface area (Å²) in [5, 5.41) is 8.41. The number of fused-ring (bicyclic) bond motifs is 2. The number of imidazole rings is 1. The molecule has 1 saturated heterocycles. The van der Waals surface area contributed by atoms with Crippen molar-refractivity contribution in [3.05, 3.63) is 36.7 Å². The molecule has 0 saturated carbocycles. The van der Waals surface area contributed by atoms with Gasteiger partial charge in [-0.05, 0) is 31.5 Å². The number of nitrogens with zero attached hydrogens (tertiary/aromatic N) is 5. The van der Waals surface area contributed by atoms with E-state index >= 15 is 0 Å². The van der Waals surface area contributed by atoms with Crippen LogP contribution in [0.5, 0.6) is 5.88 Å². The molecule has 5 heterocycles. The van der Waals surface area contributed by atoms with Crippen LogP contribution in [0.25, 0.3) is 28.1 Å². The van der Waals surface area contributed by atoms with Gasteiger partial charge in [0.1, 0.15) is 23.7 Å². The third-order valence-corrected chi connectivity index (χ3v) is 5.78. The molecule has 1 N–H and O–H groups in total. The molecular formula is C23H26N6O4. The average Bonchev–Trinajstić information content (AvgIpc) is 3.55. The van der Waals surface area contributed by atoms with Crippen LogP contribution in [-0.2, 0) is 9.53 Å². The molecule has 1 unspecified atom stereocenters. The van der Waals surface area contributed by atoms with Crippen LogP contribution in [0.2, 0.25) is 0 Å². The second kappa shape index (κ2) is 9.07. The molecule has 1 fully saturated rings. The van der Waals surface area contributed by atoms with Gasteiger partial charge in [0.2, 0.25) is 11.8 Å². The van der Waals surface area contributed by atoms with Crippen LogP contribution in [0.3, 0.4) is 0 Å². The Labute approximate surface area is 190 Å². The first-order chi connectivity index (χ1) is 16.2. The molecule has 10 heteroatoms. The summed E-state index contributed by atoms with van der Waals surface area (Å²) >= 11 is 0. The monoisotopic (exact) mass is 450 g/mol. The van der Waals surface area contributed by atoms with Crippen molar-refractivity contribution in [3.63, 3.8) is 0 Å². The van der Waals surface area contributed by atoms with E-state index in [4.69, 9.17) is 13.9 Å². The molecule has 0 aromatic carbocycles. The number of methoxy groups -OCH3 is 1. The zero-order valence-corrected chi connectivity index (χ0v) is 18.7. The maximum absolute atomic E-state index is 11.4. The molecule has 1 aliphatic heterocycles. The summed E-state index contributed by atoms with van der Waals surface area (Å²) in [5.41, 5.74) is 2.14. The highest BCUT2D eigenvalue weighted by Crippen LogP contribution is 2.33. The average molecular weight is 450 g/mol. The minimum atomic E-state index is 0.0122. The lowest BCUT2D eigenvalue weighted by molar-refractivity contribution is -0.119. The molecule has 0 spiro atoms. The van der Waals surface area contributed by atoms with E-state index in [2.05, 4.69) is 32.2 Å². The quantitative estimate of drug-likeness (QED) is 0.415. The van der Waals surface area contributed by atoms with E-state index in [0.717, 1.165) is 36.3 Å². The molecule has 5 rings (SSSR count). The van der Waals surface area contributed by atoms with Gasteiger partial charge in [0.15, 0.2) is 11.4 Å². The summed E-state index contributed by atoms with van der Waals surface area (Å²) in [4.78, 5) is 22.6. The highest BCUT2D eigenvalue weighted by Gasteiger charge is 2.22. The van der Waals surface area contributed by atoms with Gasteiger partial charge in [0.25, 0.3) is 0 Å². The number of likely N-dealkylation sites (N-methyl/N-ethyl adjacent to an activating group) is 1. The molecule has 1 atom stereocenters. The summed E-state index contributed by atoms with van der Waals surface area (Å²) < 4.78 is 18.9. The van der Waals surface area contributed by atoms with Crippen molar-refractivity contribution in [2.45, 2.75) is 25.8 Å². The normalized spacial score (nSPS) is 15.9. The maximum Gasteiger partial charge on any atom is 0.231 e. The number of nitrogens with one attached hydrogen (secondary N) is 1. The van der Waals surface area contributed by atoms with Crippen LogP contribution >= 0.6 is 0 Å². The lowest BCUT2D eigenvalue weighted by Gasteiger charge is -2.21. The summed E-state index contributed by atoms with van der Waals surface area (Å²) in [6, 6.07) is 7.46. The Bertz CT molecular complexity index is 1280. The van der Waals surface area contributed by atoms with Crippen LogP contribution in [0.1, 0.15) is 19.8 Å². The zero-order chi connectivity index (χ0) is 22.8. The lowest BCUT2D eigenvalue weighted by Crippen LogP contribution is -2.31. The molecule has 172 valence electrons. The van der Waals surface area contributed by atoms with Gasteiger partial charge >= 0.3 is 0 Å². The molecule has 10 nitrogen and oxygen atoms in total. The van der Waals surface area contributed by atoms with Crippen LogP contribution in [-0.4, -0.2) is 64.9 Å². The first-order valence-corrected chi connectivity index (χ1v) is 11.1. The Kier molecular flexibility index (Phi) is 5.82. The first-order valence-electron chi connectivity index (χ1n) is 11.1. The molecule has 1 amide bonds. The number of pyridine rings is 1. The third kappa shape index (κ3) is 4.21. The van der Waals surface area contributed by atoms with Crippen molar-refractivity contribution in [2.24, 2.45) is 0 Å². The highest BCUT2D eigenvalue weighted by molar-refractivity contribution is 5.91. The van der Waals surface area contributed by atoms with Gasteiger partial charge in [0.05, 0.1) is 24.2 Å². The number of anilines is 1. The minimum Gasteiger partial charge on any atom is -0.474 e. The number of ether oxygens (including phenoxy) is 2. The van der Waals surface area contributed by atoms with E-state index in [1.54, 1.807) is 30.1 Å². The van der Waals surface area contributed by atoms with Crippen LogP contribution < -0.4 is 15.0 Å². The summed E-state index contributed by atoms with van der Waals surface area (Å²) in [7, 11) is 1.69. The van der Waals surface area contributed by atoms with E-state index in [-0.39, 0.29) is 11.9 Å². The minimum absolute atomic E-state index is 0.0122. The van der Waals surface area contributed by atoms with E-state index in [9.17, 15) is 4.79 Å². The van der Waals surface area contributed by atoms with Gasteiger partial charge in [-0.15, -0.1) is 5.10 Å². The zero-order valence-electron chi connectivity index (χ0n) is 18.7. The summed E-state index contributed by atoms with van der Waals surface area (Å²) in [6.45, 7) is 4.61. The van der Waals surface area contributed by atoms with Gasteiger partial charge in [-0.25, -0.2) is 14.5 Å². The number of rotatable bonds is 9. The fourth-order valence-corrected chi connectivity index (χ4v) is 4.03. The fraction of sp³-hybridized carbons (Fsp3) is 0.391. The summed E-state index contributed by atoms with van der Waals surface area (Å²) in [6.07, 6.45) is 4.79. The maximum atomic E-state index is 11.4. The van der Waals surface area contributed by atoms with E-state index < -0.39 is 0 Å². The van der Waals surface area contributed by atoms with Crippen molar-refractivity contribution in [3.8, 4) is 17.3 Å². The van der Waals surface area contributed by atoms with Crippen LogP contribution in [0.15, 0.2) is 41.1 Å². The number of hydrogen-bond acceptors (Lipinski definition) is 8. The SMILES string of the molecule is CCN(CCOC)c1nccc2oc(-c3cnc4ccc(OCC5CCC(=O)N5)nn34)cc12. The van der Waals surface area contributed by atoms with Crippen molar-refractivity contribution in [1.82, 2.24) is 24.9 Å². The molecule has 4 aromatic heterocycles. The Balaban J connectivity index is 1.45. The fourth-order valence-electron chi connectivity index (χ4n) is 4.03. The van der Waals surface area contributed by atoms with Gasteiger partial charge in [-0.1, -0.05) is 0 Å². The Morgan fingerprint density at radius 1 is 1.30 bits per heavy atom. The Hall–Kier alpha value is -3.66. The molecule has 33 heavy (non-hydrogen) atoms. The second-order valence-electron chi connectivity index (χ2n) is 7.93. The lowest BCUT2D eigenvalue weighted by atomic mass is 10.2. The van der Waals surface area contributed by atoms with Gasteiger partial charge in [0, 0.05) is 38.9 Å². The first kappa shape index (κ1) is 21.2. The standard InChI is InChI=1S/C23H26N6O4/c1-3-28(10-11-31-2)23-16-12-19(33-18(16)8-9-24-23)17-13-25-20-5-7-22(27-29(17)20)32-14-15-4-6-21(30)26-15/h5,7-9,12-13,15H,3-4,6,10-11,14H2,1-2H3,(H,26,30). The van der Waals surface area contributed by atoms with Crippen LogP contribution in [0.4, 0.5) is 5.82 Å². The van der Waals surface area contributed by atoms with Crippen molar-refractivity contribution >= 4 is 28.3 Å². The number of amides is 1. The van der Waals surface area contributed by atoms with E-state index in [1.807, 2.05) is 18.2 Å². The van der Waals surface area contributed by atoms with Crippen LogP contribution in [0, 0.1) is 0 Å². The van der Waals surface area contributed by atoms with E-state index in [0.29, 0.717) is 42.6 Å². The molecular weight excluding hydrogens is 424 g/mol. The molecule has 4 aromatic rings. The number of furan rings is 1. The van der Waals surface area contributed by atoms with E-state index in [1.165, 1.54) is 0 Å². The number of hydrogen-bond donors (Lipinski definition) is 1. The smallest absolute Gasteiger partial charge is 0.231 e. The van der Waals surface area contributed by atoms with Crippen molar-refractivity contribution < 1.29 is 18.7 Å². The number of aromatic nitrogens is 4. The largest absolute Gasteiger partial charge is 0.474 e. The van der Waals surface area contributed by atoms with Gasteiger partial charge in [-0.3, -0.25) is 4.79 Å². The predicted molar refractivity (Wildman–Crippen MR) is 122 cm³/mol. The van der Waals surface area contributed by atoms with Crippen molar-refractivity contribution in [2.75, 3.05) is 38.3 Å². The predicted octanol–water partition coefficient (Wildman–Crippen LogP) is 2.67. The van der Waals surface area contributed by atoms with Gasteiger partial charge in [-0.2, -0.15) is 0 Å². The Morgan fingerprint density at radius 2 is 2.21 bits per heavy atom. The molecule has 0 radical (unpaired) electrons. The topological polar surface area (TPSA) is 107 Å². The molecule has 0 aliphatic carbocycles. The number of carbonyl (C=O) groups is 1. The molecule has 1 aliphatic rings. The highest BCUT2D eigenvalue weighted by atomic mass is 16.5. The third-order valence-electron chi connectivity index (χ3n) is 5.78. The van der Waals surface area contributed by atoms with Crippen molar-refractivity contribution in [1.29, 1.82) is 0 Å². The van der Waals surface area contributed by atoms with Gasteiger partial charge < -0.3 is 24.1 Å².